The Morgan fingerprint density at radius 2 is 2.15 bits per heavy atom. The van der Waals surface area contributed by atoms with Crippen molar-refractivity contribution in [1.29, 1.82) is 0 Å². The standard InChI is InChI=1S/C11H20N3O5P/c1-10(18-11(15)13-6-5-12-9-13)19-20(16)17-8-7-14(2,3)4/h5-6,9-10H,7-8H2,1-4H3/q+2. The fourth-order valence-electron chi connectivity index (χ4n) is 1.13. The number of rotatable bonds is 7. The lowest BCUT2D eigenvalue weighted by Gasteiger charge is -2.21. The molecule has 0 saturated heterocycles. The normalized spacial score (nSPS) is 13.9. The molecule has 2 atom stereocenters. The second kappa shape index (κ2) is 7.44. The summed E-state index contributed by atoms with van der Waals surface area (Å²) in [5.41, 5.74) is 0. The van der Waals surface area contributed by atoms with Gasteiger partial charge in [0, 0.05) is 23.9 Å². The van der Waals surface area contributed by atoms with E-state index in [1.165, 1.54) is 25.6 Å². The largest absolute Gasteiger partial charge is 0.701 e. The lowest BCUT2D eigenvalue weighted by Crippen LogP contribution is -2.37. The summed E-state index contributed by atoms with van der Waals surface area (Å²) >= 11 is 0. The molecule has 0 saturated carbocycles. The van der Waals surface area contributed by atoms with Gasteiger partial charge in [0.1, 0.15) is 12.9 Å². The van der Waals surface area contributed by atoms with Crippen molar-refractivity contribution in [1.82, 2.24) is 9.55 Å². The highest BCUT2D eigenvalue weighted by molar-refractivity contribution is 7.33. The number of hydrogen-bond acceptors (Lipinski definition) is 6. The summed E-state index contributed by atoms with van der Waals surface area (Å²) in [6.45, 7) is 2.44. The fraction of sp³-hybridized carbons (Fsp3) is 0.636. The van der Waals surface area contributed by atoms with Gasteiger partial charge in [0.15, 0.2) is 6.61 Å². The number of aromatic nitrogens is 2. The molecular formula is C11H20N3O5P+2. The number of carbonyl (C=O) groups is 1. The molecule has 0 spiro atoms. The van der Waals surface area contributed by atoms with Gasteiger partial charge in [-0.2, -0.15) is 0 Å². The quantitative estimate of drug-likeness (QED) is 0.432. The van der Waals surface area contributed by atoms with Crippen LogP contribution in [0, 0.1) is 0 Å². The summed E-state index contributed by atoms with van der Waals surface area (Å²) in [5, 5.41) is 0. The summed E-state index contributed by atoms with van der Waals surface area (Å²) in [6, 6.07) is 0. The molecule has 2 unspecified atom stereocenters. The molecule has 1 aromatic heterocycles. The lowest BCUT2D eigenvalue weighted by molar-refractivity contribution is -0.870. The maximum absolute atomic E-state index is 11.5. The Bertz CT molecular complexity index is 443. The van der Waals surface area contributed by atoms with E-state index in [0.29, 0.717) is 17.6 Å². The molecule has 0 aliphatic rings. The summed E-state index contributed by atoms with van der Waals surface area (Å²) < 4.78 is 28.2. The first-order valence-electron chi connectivity index (χ1n) is 6.04. The van der Waals surface area contributed by atoms with Crippen LogP contribution in [0.15, 0.2) is 18.7 Å². The van der Waals surface area contributed by atoms with E-state index in [0.717, 1.165) is 4.57 Å². The van der Waals surface area contributed by atoms with Crippen molar-refractivity contribution in [3.05, 3.63) is 18.7 Å². The third-order valence-electron chi connectivity index (χ3n) is 2.18. The number of carbonyl (C=O) groups excluding carboxylic acids is 1. The van der Waals surface area contributed by atoms with Crippen molar-refractivity contribution in [2.75, 3.05) is 34.3 Å². The minimum absolute atomic E-state index is 0.293. The van der Waals surface area contributed by atoms with E-state index in [1.54, 1.807) is 0 Å². The van der Waals surface area contributed by atoms with E-state index in [-0.39, 0.29) is 0 Å². The SMILES string of the molecule is CC(OC(=O)n1ccnc1)O[P+](=O)OCC[N+](C)(C)C. The Hall–Kier alpha value is -1.34. The van der Waals surface area contributed by atoms with E-state index < -0.39 is 20.6 Å². The van der Waals surface area contributed by atoms with E-state index >= 15 is 0 Å². The van der Waals surface area contributed by atoms with Crippen LogP contribution in [0.2, 0.25) is 0 Å². The van der Waals surface area contributed by atoms with Crippen LogP contribution >= 0.6 is 8.25 Å². The topological polar surface area (TPSA) is 79.7 Å². The van der Waals surface area contributed by atoms with Crippen LogP contribution in [0.4, 0.5) is 4.79 Å². The lowest BCUT2D eigenvalue weighted by atomic mass is 10.5. The fourth-order valence-corrected chi connectivity index (χ4v) is 1.71. The van der Waals surface area contributed by atoms with Crippen molar-refractivity contribution in [3.8, 4) is 0 Å². The average molecular weight is 305 g/mol. The number of ether oxygens (including phenoxy) is 1. The minimum atomic E-state index is -2.32. The molecule has 0 aliphatic heterocycles. The first kappa shape index (κ1) is 16.7. The number of quaternary nitrogens is 1. The van der Waals surface area contributed by atoms with E-state index in [4.69, 9.17) is 13.8 Å². The van der Waals surface area contributed by atoms with Gasteiger partial charge < -0.3 is 9.22 Å². The van der Waals surface area contributed by atoms with Gasteiger partial charge in [-0.3, -0.25) is 0 Å². The molecule has 0 aliphatic carbocycles. The maximum Gasteiger partial charge on any atom is 0.701 e. The van der Waals surface area contributed by atoms with Gasteiger partial charge in [0.05, 0.1) is 21.1 Å². The van der Waals surface area contributed by atoms with Gasteiger partial charge in [-0.25, -0.2) is 14.3 Å². The van der Waals surface area contributed by atoms with Crippen LogP contribution in [0.3, 0.4) is 0 Å². The molecule has 1 aromatic rings. The third-order valence-corrected chi connectivity index (χ3v) is 3.04. The van der Waals surface area contributed by atoms with Crippen molar-refractivity contribution in [2.24, 2.45) is 0 Å². The van der Waals surface area contributed by atoms with Gasteiger partial charge >= 0.3 is 14.3 Å². The highest BCUT2D eigenvalue weighted by Gasteiger charge is 2.28. The monoisotopic (exact) mass is 305 g/mol. The molecule has 9 heteroatoms. The van der Waals surface area contributed by atoms with Gasteiger partial charge in [-0.15, -0.1) is 4.52 Å². The molecule has 0 fully saturated rings. The highest BCUT2D eigenvalue weighted by atomic mass is 31.1. The number of nitrogens with zero attached hydrogens (tertiary/aromatic N) is 3. The van der Waals surface area contributed by atoms with Gasteiger partial charge in [-0.05, 0) is 0 Å². The molecule has 1 heterocycles. The van der Waals surface area contributed by atoms with Crippen molar-refractivity contribution >= 4 is 14.3 Å². The van der Waals surface area contributed by atoms with Crippen LogP contribution in [-0.2, 0) is 18.3 Å². The number of hydrogen-bond donors (Lipinski definition) is 0. The van der Waals surface area contributed by atoms with Crippen LogP contribution in [0.5, 0.6) is 0 Å². The average Bonchev–Trinajstić information content (AvgIpc) is 2.79. The maximum atomic E-state index is 11.5. The molecule has 112 valence electrons. The smallest absolute Gasteiger partial charge is 0.414 e. The Balaban J connectivity index is 2.26. The Kier molecular flexibility index (Phi) is 6.22. The summed E-state index contributed by atoms with van der Waals surface area (Å²) in [5.74, 6) is 0. The molecule has 0 amide bonds. The second-order valence-corrected chi connectivity index (χ2v) is 6.01. The molecular weight excluding hydrogens is 285 g/mol. The van der Waals surface area contributed by atoms with Crippen molar-refractivity contribution < 1.29 is 27.6 Å². The zero-order chi connectivity index (χ0) is 15.2. The zero-order valence-corrected chi connectivity index (χ0v) is 12.9. The molecule has 1 rings (SSSR count). The summed E-state index contributed by atoms with van der Waals surface area (Å²) in [7, 11) is 3.66. The predicted octanol–water partition coefficient (Wildman–Crippen LogP) is 1.61. The minimum Gasteiger partial charge on any atom is -0.414 e. The van der Waals surface area contributed by atoms with Crippen LogP contribution in [0.1, 0.15) is 6.92 Å². The van der Waals surface area contributed by atoms with Crippen LogP contribution in [0.25, 0.3) is 0 Å². The Morgan fingerprint density at radius 3 is 2.70 bits per heavy atom. The van der Waals surface area contributed by atoms with Crippen LogP contribution in [-0.4, -0.2) is 60.7 Å². The highest BCUT2D eigenvalue weighted by Crippen LogP contribution is 2.26. The number of likely N-dealkylation sites (N-methyl/N-ethyl adjacent to an activating group) is 1. The predicted molar refractivity (Wildman–Crippen MR) is 71.1 cm³/mol. The first-order valence-corrected chi connectivity index (χ1v) is 7.14. The summed E-state index contributed by atoms with van der Waals surface area (Å²) in [4.78, 5) is 15.2. The summed E-state index contributed by atoms with van der Waals surface area (Å²) in [6.07, 6.45) is 2.54. The zero-order valence-electron chi connectivity index (χ0n) is 12.1. The molecule has 20 heavy (non-hydrogen) atoms. The number of imidazole rings is 1. The van der Waals surface area contributed by atoms with Gasteiger partial charge in [-0.1, -0.05) is 4.52 Å². The Labute approximate surface area is 118 Å². The van der Waals surface area contributed by atoms with E-state index in [2.05, 4.69) is 4.98 Å². The van der Waals surface area contributed by atoms with Gasteiger partial charge in [0.25, 0.3) is 6.29 Å². The molecule has 0 bridgehead atoms. The molecule has 0 N–H and O–H groups in total. The molecule has 8 nitrogen and oxygen atoms in total. The first-order chi connectivity index (χ1) is 9.28. The third kappa shape index (κ3) is 6.72. The van der Waals surface area contributed by atoms with Crippen molar-refractivity contribution in [2.45, 2.75) is 13.2 Å². The van der Waals surface area contributed by atoms with Crippen LogP contribution < -0.4 is 0 Å². The van der Waals surface area contributed by atoms with Gasteiger partial charge in [0.2, 0.25) is 0 Å². The van der Waals surface area contributed by atoms with Crippen molar-refractivity contribution in [3.63, 3.8) is 0 Å². The molecule has 0 radical (unpaired) electrons. The molecule has 0 aromatic carbocycles. The van der Waals surface area contributed by atoms with E-state index in [1.807, 2.05) is 21.1 Å². The van der Waals surface area contributed by atoms with E-state index in [9.17, 15) is 9.36 Å². The Morgan fingerprint density at radius 1 is 1.45 bits per heavy atom. The second-order valence-electron chi connectivity index (χ2n) is 5.10.